The van der Waals surface area contributed by atoms with Gasteiger partial charge in [-0.3, -0.25) is 0 Å². The Labute approximate surface area is 107 Å². The fourth-order valence-electron chi connectivity index (χ4n) is 1.39. The summed E-state index contributed by atoms with van der Waals surface area (Å²) in [5, 5.41) is 11.6. The Morgan fingerprint density at radius 3 is 2.78 bits per heavy atom. The van der Waals surface area contributed by atoms with Crippen LogP contribution < -0.4 is 15.8 Å². The maximum Gasteiger partial charge on any atom is 0.213 e. The van der Waals surface area contributed by atoms with E-state index in [1.54, 1.807) is 18.2 Å². The van der Waals surface area contributed by atoms with Gasteiger partial charge in [-0.15, -0.1) is 0 Å². The van der Waals surface area contributed by atoms with Gasteiger partial charge in [0.15, 0.2) is 0 Å². The predicted octanol–water partition coefficient (Wildman–Crippen LogP) is 0.296. The molecule has 1 rings (SSSR count). The number of nitrogen functional groups attached to an aromatic ring is 1. The molecule has 1 aromatic carbocycles. The van der Waals surface area contributed by atoms with E-state index in [2.05, 4.69) is 10.0 Å². The molecule has 7 heteroatoms. The fraction of sp³-hybridized carbons (Fsp3) is 0.364. The summed E-state index contributed by atoms with van der Waals surface area (Å²) in [6.45, 7) is 0.291. The van der Waals surface area contributed by atoms with Crippen molar-refractivity contribution < 1.29 is 8.42 Å². The van der Waals surface area contributed by atoms with Gasteiger partial charge in [0.2, 0.25) is 10.0 Å². The average Bonchev–Trinajstić information content (AvgIpc) is 2.33. The highest BCUT2D eigenvalue weighted by Crippen LogP contribution is 2.18. The number of nitrogens with zero attached hydrogens (tertiary/aromatic N) is 1. The summed E-state index contributed by atoms with van der Waals surface area (Å²) in [5.41, 5.74) is 7.76. The zero-order valence-corrected chi connectivity index (χ0v) is 10.9. The van der Waals surface area contributed by atoms with Gasteiger partial charge < -0.3 is 11.1 Å². The zero-order chi connectivity index (χ0) is 13.6. The molecule has 0 saturated heterocycles. The molecule has 0 unspecified atom stereocenters. The van der Waals surface area contributed by atoms with Crippen molar-refractivity contribution in [1.82, 2.24) is 4.72 Å². The number of anilines is 2. The van der Waals surface area contributed by atoms with Crippen molar-refractivity contribution in [2.45, 2.75) is 6.42 Å². The van der Waals surface area contributed by atoms with Crippen LogP contribution in [0, 0.1) is 11.3 Å². The average molecular weight is 268 g/mol. The van der Waals surface area contributed by atoms with Gasteiger partial charge in [0.1, 0.15) is 0 Å². The summed E-state index contributed by atoms with van der Waals surface area (Å²) in [5.74, 6) is -0.0124. The van der Waals surface area contributed by atoms with E-state index in [9.17, 15) is 8.42 Å². The molecule has 0 saturated carbocycles. The first-order valence-electron chi connectivity index (χ1n) is 5.39. The molecule has 0 heterocycles. The molecule has 0 aliphatic carbocycles. The van der Waals surface area contributed by atoms with Crippen LogP contribution in [0.3, 0.4) is 0 Å². The number of nitrogens with one attached hydrogen (secondary N) is 2. The van der Waals surface area contributed by atoms with Crippen LogP contribution >= 0.6 is 0 Å². The lowest BCUT2D eigenvalue weighted by atomic mass is 10.1. The van der Waals surface area contributed by atoms with Crippen LogP contribution in [-0.2, 0) is 16.4 Å². The molecule has 0 fully saturated rings. The van der Waals surface area contributed by atoms with Gasteiger partial charge in [-0.2, -0.15) is 5.26 Å². The Kier molecular flexibility index (Phi) is 4.95. The van der Waals surface area contributed by atoms with Crippen LogP contribution in [0.5, 0.6) is 0 Å². The second kappa shape index (κ2) is 6.23. The smallest absolute Gasteiger partial charge is 0.213 e. The van der Waals surface area contributed by atoms with Gasteiger partial charge in [-0.05, 0) is 30.8 Å². The first-order valence-corrected chi connectivity index (χ1v) is 7.04. The fourth-order valence-corrected chi connectivity index (χ4v) is 1.96. The molecule has 6 nitrogen and oxygen atoms in total. The van der Waals surface area contributed by atoms with Crippen molar-refractivity contribution in [3.8, 4) is 6.07 Å². The normalized spacial score (nSPS) is 10.9. The van der Waals surface area contributed by atoms with E-state index in [-0.39, 0.29) is 12.2 Å². The number of sulfonamides is 1. The van der Waals surface area contributed by atoms with E-state index in [4.69, 9.17) is 11.0 Å². The summed E-state index contributed by atoms with van der Waals surface area (Å²) in [4.78, 5) is 0. The molecule has 0 bridgehead atoms. The molecule has 1 aromatic rings. The summed E-state index contributed by atoms with van der Waals surface area (Å²) < 4.78 is 24.6. The van der Waals surface area contributed by atoms with Crippen LogP contribution in [0.25, 0.3) is 0 Å². The van der Waals surface area contributed by atoms with Gasteiger partial charge in [-0.1, -0.05) is 0 Å². The van der Waals surface area contributed by atoms with Crippen molar-refractivity contribution in [3.05, 3.63) is 23.8 Å². The molecule has 0 radical (unpaired) electrons. The maximum atomic E-state index is 11.2. The lowest BCUT2D eigenvalue weighted by Crippen LogP contribution is -2.26. The SMILES string of the molecule is CNS(=O)(=O)CCNc1ccc(N)c(CC#N)c1. The second-order valence-corrected chi connectivity index (χ2v) is 5.74. The number of rotatable bonds is 6. The van der Waals surface area contributed by atoms with Crippen molar-refractivity contribution in [3.63, 3.8) is 0 Å². The monoisotopic (exact) mass is 268 g/mol. The maximum absolute atomic E-state index is 11.2. The lowest BCUT2D eigenvalue weighted by Gasteiger charge is -2.09. The third-order valence-electron chi connectivity index (χ3n) is 2.42. The van der Waals surface area contributed by atoms with Gasteiger partial charge in [-0.25, -0.2) is 13.1 Å². The van der Waals surface area contributed by atoms with E-state index in [0.717, 1.165) is 11.3 Å². The summed E-state index contributed by atoms with van der Waals surface area (Å²) in [7, 11) is -1.83. The van der Waals surface area contributed by atoms with Crippen molar-refractivity contribution in [2.75, 3.05) is 30.4 Å². The third-order valence-corrected chi connectivity index (χ3v) is 3.79. The van der Waals surface area contributed by atoms with Gasteiger partial charge >= 0.3 is 0 Å². The highest BCUT2D eigenvalue weighted by molar-refractivity contribution is 7.89. The Morgan fingerprint density at radius 2 is 2.17 bits per heavy atom. The quantitative estimate of drug-likeness (QED) is 0.643. The molecule has 98 valence electrons. The summed E-state index contributed by atoms with van der Waals surface area (Å²) in [6, 6.07) is 7.23. The van der Waals surface area contributed by atoms with Crippen molar-refractivity contribution in [1.29, 1.82) is 5.26 Å². The first kappa shape index (κ1) is 14.3. The topological polar surface area (TPSA) is 108 Å². The highest BCUT2D eigenvalue weighted by atomic mass is 32.2. The van der Waals surface area contributed by atoms with Crippen LogP contribution in [0.4, 0.5) is 11.4 Å². The second-order valence-electron chi connectivity index (χ2n) is 3.70. The van der Waals surface area contributed by atoms with E-state index < -0.39 is 10.0 Å². The largest absolute Gasteiger partial charge is 0.398 e. The zero-order valence-electron chi connectivity index (χ0n) is 10.1. The molecule has 0 aliphatic heterocycles. The minimum atomic E-state index is -3.21. The molecule has 0 atom stereocenters. The van der Waals surface area contributed by atoms with Crippen LogP contribution in [-0.4, -0.2) is 27.8 Å². The highest BCUT2D eigenvalue weighted by Gasteiger charge is 2.06. The molecule has 0 amide bonds. The van der Waals surface area contributed by atoms with E-state index in [1.807, 2.05) is 6.07 Å². The lowest BCUT2D eigenvalue weighted by molar-refractivity contribution is 0.588. The molecular formula is C11H16N4O2S. The molecule has 0 aliphatic rings. The van der Waals surface area contributed by atoms with E-state index in [1.165, 1.54) is 7.05 Å². The summed E-state index contributed by atoms with van der Waals surface area (Å²) >= 11 is 0. The van der Waals surface area contributed by atoms with Crippen LogP contribution in [0.15, 0.2) is 18.2 Å². The van der Waals surface area contributed by atoms with Crippen LogP contribution in [0.2, 0.25) is 0 Å². The van der Waals surface area contributed by atoms with Gasteiger partial charge in [0, 0.05) is 17.9 Å². The first-order chi connectivity index (χ1) is 8.48. The van der Waals surface area contributed by atoms with Crippen molar-refractivity contribution in [2.24, 2.45) is 0 Å². The number of nitrogens with two attached hydrogens (primary N) is 1. The Bertz CT molecular complexity index is 549. The number of nitriles is 1. The predicted molar refractivity (Wildman–Crippen MR) is 71.5 cm³/mol. The van der Waals surface area contributed by atoms with Gasteiger partial charge in [0.05, 0.1) is 18.2 Å². The Morgan fingerprint density at radius 1 is 1.44 bits per heavy atom. The molecule has 0 aromatic heterocycles. The Hall–Kier alpha value is -1.78. The minimum absolute atomic E-state index is 0.0124. The molecule has 4 N–H and O–H groups in total. The number of hydrogen-bond acceptors (Lipinski definition) is 5. The van der Waals surface area contributed by atoms with E-state index in [0.29, 0.717) is 12.2 Å². The third kappa shape index (κ3) is 4.24. The molecule has 0 spiro atoms. The number of benzene rings is 1. The Balaban J connectivity index is 2.64. The molecular weight excluding hydrogens is 252 g/mol. The summed E-state index contributed by atoms with van der Waals surface area (Å²) in [6.07, 6.45) is 0.232. The standard InChI is InChI=1S/C11H16N4O2S/c1-14-18(16,17)7-6-15-10-2-3-11(13)9(8-10)4-5-12/h2-3,8,14-15H,4,6-7,13H2,1H3. The number of hydrogen-bond donors (Lipinski definition) is 3. The van der Waals surface area contributed by atoms with Crippen LogP contribution in [0.1, 0.15) is 5.56 Å². The van der Waals surface area contributed by atoms with Crippen molar-refractivity contribution >= 4 is 21.4 Å². The van der Waals surface area contributed by atoms with Gasteiger partial charge in [0.25, 0.3) is 0 Å². The molecule has 18 heavy (non-hydrogen) atoms. The van der Waals surface area contributed by atoms with E-state index >= 15 is 0 Å². The minimum Gasteiger partial charge on any atom is -0.398 e.